The van der Waals surface area contributed by atoms with Crippen LogP contribution in [0.15, 0.2) is 42.6 Å². The molecular weight excluding hydrogens is 314 g/mol. The maximum atomic E-state index is 12.1. The Morgan fingerprint density at radius 2 is 2.04 bits per heavy atom. The summed E-state index contributed by atoms with van der Waals surface area (Å²) in [5.74, 6) is 1.90. The number of ether oxygens (including phenoxy) is 1. The second-order valence-corrected chi connectivity index (χ2v) is 6.34. The molecule has 3 rings (SSSR count). The van der Waals surface area contributed by atoms with Gasteiger partial charge in [-0.05, 0) is 54.7 Å². The van der Waals surface area contributed by atoms with Gasteiger partial charge in [-0.2, -0.15) is 0 Å². The van der Waals surface area contributed by atoms with E-state index in [1.807, 2.05) is 36.5 Å². The van der Waals surface area contributed by atoms with E-state index in [4.69, 9.17) is 4.74 Å². The Morgan fingerprint density at radius 3 is 2.84 bits per heavy atom. The molecule has 1 amide bonds. The Bertz CT molecular complexity index is 712. The van der Waals surface area contributed by atoms with E-state index in [0.717, 1.165) is 42.2 Å². The SMILES string of the molecule is COc1cccc(CNC(=O)CCc2ccnc(N3CCCC3)c2)c1. The van der Waals surface area contributed by atoms with Crippen LogP contribution in [0.3, 0.4) is 0 Å². The molecule has 2 aromatic rings. The van der Waals surface area contributed by atoms with Crippen molar-refractivity contribution in [3.63, 3.8) is 0 Å². The number of anilines is 1. The Balaban J connectivity index is 1.48. The first kappa shape index (κ1) is 17.3. The fraction of sp³-hybridized carbons (Fsp3) is 0.400. The van der Waals surface area contributed by atoms with Crippen molar-refractivity contribution >= 4 is 11.7 Å². The molecule has 25 heavy (non-hydrogen) atoms. The van der Waals surface area contributed by atoms with Gasteiger partial charge in [0.2, 0.25) is 5.91 Å². The number of aromatic nitrogens is 1. The normalized spacial score (nSPS) is 13.7. The second-order valence-electron chi connectivity index (χ2n) is 6.34. The summed E-state index contributed by atoms with van der Waals surface area (Å²) in [7, 11) is 1.64. The van der Waals surface area contributed by atoms with Gasteiger partial charge in [-0.25, -0.2) is 4.98 Å². The third-order valence-electron chi connectivity index (χ3n) is 4.50. The zero-order valence-electron chi connectivity index (χ0n) is 14.7. The smallest absolute Gasteiger partial charge is 0.220 e. The van der Waals surface area contributed by atoms with Crippen LogP contribution in [0.2, 0.25) is 0 Å². The number of carbonyl (C=O) groups is 1. The summed E-state index contributed by atoms with van der Waals surface area (Å²) >= 11 is 0. The standard InChI is InChI=1S/C20H25N3O2/c1-25-18-6-4-5-17(13-18)15-22-20(24)8-7-16-9-10-21-19(14-16)23-11-2-3-12-23/h4-6,9-10,13-14H,2-3,7-8,11-12,15H2,1H3,(H,22,24). The minimum Gasteiger partial charge on any atom is -0.497 e. The number of aryl methyl sites for hydroxylation is 1. The molecule has 1 aromatic carbocycles. The van der Waals surface area contributed by atoms with Gasteiger partial charge in [0.15, 0.2) is 0 Å². The maximum absolute atomic E-state index is 12.1. The molecule has 0 unspecified atom stereocenters. The highest BCUT2D eigenvalue weighted by molar-refractivity contribution is 5.76. The van der Waals surface area contributed by atoms with Crippen LogP contribution < -0.4 is 15.0 Å². The Kier molecular flexibility index (Phi) is 5.88. The summed E-state index contributed by atoms with van der Waals surface area (Å²) in [5, 5.41) is 2.97. The van der Waals surface area contributed by atoms with E-state index >= 15 is 0 Å². The molecule has 1 aliphatic heterocycles. The number of amides is 1. The zero-order chi connectivity index (χ0) is 17.5. The number of nitrogens with zero attached hydrogens (tertiary/aromatic N) is 2. The van der Waals surface area contributed by atoms with E-state index in [1.165, 1.54) is 12.8 Å². The molecule has 0 aliphatic carbocycles. The number of hydrogen-bond donors (Lipinski definition) is 1. The van der Waals surface area contributed by atoms with Crippen molar-refractivity contribution in [1.29, 1.82) is 0 Å². The van der Waals surface area contributed by atoms with Crippen molar-refractivity contribution in [2.45, 2.75) is 32.2 Å². The minimum absolute atomic E-state index is 0.0577. The van der Waals surface area contributed by atoms with E-state index in [1.54, 1.807) is 7.11 Å². The summed E-state index contributed by atoms with van der Waals surface area (Å²) < 4.78 is 5.20. The molecule has 0 atom stereocenters. The third-order valence-corrected chi connectivity index (χ3v) is 4.50. The van der Waals surface area contributed by atoms with Gasteiger partial charge in [-0.1, -0.05) is 12.1 Å². The predicted molar refractivity (Wildman–Crippen MR) is 98.8 cm³/mol. The average Bonchev–Trinajstić information content (AvgIpc) is 3.20. The van der Waals surface area contributed by atoms with Gasteiger partial charge in [0, 0.05) is 32.3 Å². The highest BCUT2D eigenvalue weighted by Gasteiger charge is 2.13. The zero-order valence-corrected chi connectivity index (χ0v) is 14.7. The molecule has 1 aromatic heterocycles. The first-order valence-electron chi connectivity index (χ1n) is 8.84. The number of pyridine rings is 1. The maximum Gasteiger partial charge on any atom is 0.220 e. The summed E-state index contributed by atoms with van der Waals surface area (Å²) in [6, 6.07) is 11.8. The predicted octanol–water partition coefficient (Wildman–Crippen LogP) is 2.94. The molecule has 0 bridgehead atoms. The number of methoxy groups -OCH3 is 1. The largest absolute Gasteiger partial charge is 0.497 e. The van der Waals surface area contributed by atoms with Crippen LogP contribution in [0, 0.1) is 0 Å². The summed E-state index contributed by atoms with van der Waals surface area (Å²) in [4.78, 5) is 18.9. The van der Waals surface area contributed by atoms with Crippen molar-refractivity contribution in [2.75, 3.05) is 25.1 Å². The number of rotatable bonds is 7. The van der Waals surface area contributed by atoms with E-state index in [0.29, 0.717) is 13.0 Å². The van der Waals surface area contributed by atoms with Gasteiger partial charge in [0.05, 0.1) is 7.11 Å². The first-order valence-corrected chi connectivity index (χ1v) is 8.84. The number of nitrogens with one attached hydrogen (secondary N) is 1. The number of carbonyl (C=O) groups excluding carboxylic acids is 1. The molecule has 1 aliphatic rings. The quantitative estimate of drug-likeness (QED) is 0.843. The lowest BCUT2D eigenvalue weighted by Gasteiger charge is -2.16. The van der Waals surface area contributed by atoms with Crippen LogP contribution >= 0.6 is 0 Å². The minimum atomic E-state index is 0.0577. The molecule has 5 heteroatoms. The molecule has 0 saturated carbocycles. The van der Waals surface area contributed by atoms with Gasteiger partial charge in [-0.3, -0.25) is 4.79 Å². The van der Waals surface area contributed by atoms with Gasteiger partial charge in [0.1, 0.15) is 11.6 Å². The molecule has 132 valence electrons. The van der Waals surface area contributed by atoms with Crippen molar-refractivity contribution < 1.29 is 9.53 Å². The molecule has 1 fully saturated rings. The van der Waals surface area contributed by atoms with Crippen LogP contribution in [-0.4, -0.2) is 31.1 Å². The lowest BCUT2D eigenvalue weighted by atomic mass is 10.1. The van der Waals surface area contributed by atoms with E-state index < -0.39 is 0 Å². The lowest BCUT2D eigenvalue weighted by Crippen LogP contribution is -2.23. The molecule has 0 radical (unpaired) electrons. The van der Waals surface area contributed by atoms with Crippen molar-refractivity contribution in [2.24, 2.45) is 0 Å². The van der Waals surface area contributed by atoms with E-state index in [-0.39, 0.29) is 5.91 Å². The molecule has 2 heterocycles. The average molecular weight is 339 g/mol. The fourth-order valence-corrected chi connectivity index (χ4v) is 3.06. The highest BCUT2D eigenvalue weighted by atomic mass is 16.5. The van der Waals surface area contributed by atoms with E-state index in [9.17, 15) is 4.79 Å². The van der Waals surface area contributed by atoms with Crippen LogP contribution in [-0.2, 0) is 17.8 Å². The summed E-state index contributed by atoms with van der Waals surface area (Å²) in [6.07, 6.45) is 5.52. The summed E-state index contributed by atoms with van der Waals surface area (Å²) in [5.41, 5.74) is 2.20. The second kappa shape index (κ2) is 8.51. The van der Waals surface area contributed by atoms with Gasteiger partial charge in [-0.15, -0.1) is 0 Å². The van der Waals surface area contributed by atoms with Crippen molar-refractivity contribution in [3.8, 4) is 5.75 Å². The Morgan fingerprint density at radius 1 is 1.20 bits per heavy atom. The fourth-order valence-electron chi connectivity index (χ4n) is 3.06. The molecule has 1 saturated heterocycles. The Labute approximate surface area is 149 Å². The molecule has 5 nitrogen and oxygen atoms in total. The Hall–Kier alpha value is -2.56. The molecule has 1 N–H and O–H groups in total. The molecular formula is C20H25N3O2. The van der Waals surface area contributed by atoms with Crippen molar-refractivity contribution in [1.82, 2.24) is 10.3 Å². The topological polar surface area (TPSA) is 54.5 Å². The number of hydrogen-bond acceptors (Lipinski definition) is 4. The van der Waals surface area contributed by atoms with Gasteiger partial charge < -0.3 is 15.0 Å². The highest BCUT2D eigenvalue weighted by Crippen LogP contribution is 2.19. The lowest BCUT2D eigenvalue weighted by molar-refractivity contribution is -0.121. The monoisotopic (exact) mass is 339 g/mol. The number of benzene rings is 1. The van der Waals surface area contributed by atoms with Crippen molar-refractivity contribution in [3.05, 3.63) is 53.7 Å². The van der Waals surface area contributed by atoms with Crippen LogP contribution in [0.5, 0.6) is 5.75 Å². The van der Waals surface area contributed by atoms with E-state index in [2.05, 4.69) is 21.3 Å². The third kappa shape index (κ3) is 4.95. The van der Waals surface area contributed by atoms with Crippen LogP contribution in [0.1, 0.15) is 30.4 Å². The first-order chi connectivity index (χ1) is 12.2. The molecule has 0 spiro atoms. The van der Waals surface area contributed by atoms with Gasteiger partial charge >= 0.3 is 0 Å². The van der Waals surface area contributed by atoms with Gasteiger partial charge in [0.25, 0.3) is 0 Å². The van der Waals surface area contributed by atoms with Crippen LogP contribution in [0.25, 0.3) is 0 Å². The van der Waals surface area contributed by atoms with Crippen LogP contribution in [0.4, 0.5) is 5.82 Å². The summed E-state index contributed by atoms with van der Waals surface area (Å²) in [6.45, 7) is 2.68.